The monoisotopic (exact) mass is 440 g/mol. The largest absolute Gasteiger partial charge is 0.489 e. The predicted molar refractivity (Wildman–Crippen MR) is 111 cm³/mol. The van der Waals surface area contributed by atoms with Gasteiger partial charge in [-0.25, -0.2) is 18.2 Å². The van der Waals surface area contributed by atoms with E-state index in [1.807, 2.05) is 13.8 Å². The van der Waals surface area contributed by atoms with Crippen LogP contribution in [-0.2, 0) is 19.3 Å². The van der Waals surface area contributed by atoms with Gasteiger partial charge in [0.15, 0.2) is 14.9 Å². The SMILES string of the molecule is CC(C)OC(=O)N1CCC(OC2CCC(Oc3ccc(S(C)(=O)=O)nc3)CC2)CC1. The summed E-state index contributed by atoms with van der Waals surface area (Å²) in [5.74, 6) is 0.590. The van der Waals surface area contributed by atoms with E-state index in [4.69, 9.17) is 14.2 Å². The number of likely N-dealkylation sites (tertiary alicyclic amines) is 1. The third-order valence-corrected chi connectivity index (χ3v) is 6.44. The number of aromatic nitrogens is 1. The number of hydrogen-bond donors (Lipinski definition) is 0. The van der Waals surface area contributed by atoms with Crippen molar-refractivity contribution in [2.45, 2.75) is 81.8 Å². The van der Waals surface area contributed by atoms with Gasteiger partial charge in [-0.05, 0) is 64.5 Å². The average molecular weight is 441 g/mol. The first-order valence-electron chi connectivity index (χ1n) is 10.6. The lowest BCUT2D eigenvalue weighted by molar-refractivity contribution is -0.0656. The summed E-state index contributed by atoms with van der Waals surface area (Å²) in [6.45, 7) is 5.06. The fourth-order valence-corrected chi connectivity index (χ4v) is 4.42. The van der Waals surface area contributed by atoms with Crippen molar-refractivity contribution in [3.05, 3.63) is 18.3 Å². The molecule has 3 rings (SSSR count). The number of carbonyl (C=O) groups excluding carboxylic acids is 1. The van der Waals surface area contributed by atoms with Crippen LogP contribution >= 0.6 is 0 Å². The zero-order chi connectivity index (χ0) is 21.7. The van der Waals surface area contributed by atoms with Crippen LogP contribution < -0.4 is 4.74 Å². The molecule has 1 saturated carbocycles. The predicted octanol–water partition coefficient (Wildman–Crippen LogP) is 3.20. The van der Waals surface area contributed by atoms with Crippen LogP contribution in [0.4, 0.5) is 4.79 Å². The van der Waals surface area contributed by atoms with E-state index in [-0.39, 0.29) is 35.5 Å². The molecule has 2 heterocycles. The summed E-state index contributed by atoms with van der Waals surface area (Å²) in [7, 11) is -3.30. The van der Waals surface area contributed by atoms with Gasteiger partial charge in [0.25, 0.3) is 0 Å². The van der Waals surface area contributed by atoms with Gasteiger partial charge in [-0.1, -0.05) is 0 Å². The van der Waals surface area contributed by atoms with Crippen LogP contribution in [0.2, 0.25) is 0 Å². The summed E-state index contributed by atoms with van der Waals surface area (Å²) < 4.78 is 40.5. The van der Waals surface area contributed by atoms with Gasteiger partial charge < -0.3 is 19.1 Å². The first kappa shape index (κ1) is 22.8. The van der Waals surface area contributed by atoms with Crippen molar-refractivity contribution in [3.63, 3.8) is 0 Å². The molecule has 0 N–H and O–H groups in total. The second kappa shape index (κ2) is 9.96. The van der Waals surface area contributed by atoms with Gasteiger partial charge in [0, 0.05) is 19.3 Å². The quantitative estimate of drug-likeness (QED) is 0.670. The van der Waals surface area contributed by atoms with E-state index in [0.717, 1.165) is 44.8 Å². The molecule has 1 aliphatic carbocycles. The number of carbonyl (C=O) groups is 1. The standard InChI is InChI=1S/C21H32N2O6S/c1-15(2)27-21(24)23-12-10-18(11-13-23)28-16-4-6-17(7-5-16)29-19-8-9-20(22-14-19)30(3,25)26/h8-9,14-18H,4-7,10-13H2,1-3H3. The summed E-state index contributed by atoms with van der Waals surface area (Å²) >= 11 is 0. The third-order valence-electron chi connectivity index (χ3n) is 5.43. The minimum absolute atomic E-state index is 0.0514. The highest BCUT2D eigenvalue weighted by atomic mass is 32.2. The molecular weight excluding hydrogens is 408 g/mol. The number of ether oxygens (including phenoxy) is 3. The zero-order valence-corrected chi connectivity index (χ0v) is 18.8. The van der Waals surface area contributed by atoms with Crippen LogP contribution in [0.1, 0.15) is 52.4 Å². The molecule has 0 aromatic carbocycles. The highest BCUT2D eigenvalue weighted by molar-refractivity contribution is 7.90. The summed E-state index contributed by atoms with van der Waals surface area (Å²) in [4.78, 5) is 17.7. The van der Waals surface area contributed by atoms with Gasteiger partial charge in [-0.15, -0.1) is 0 Å². The Balaban J connectivity index is 1.37. The smallest absolute Gasteiger partial charge is 0.410 e. The molecule has 0 atom stereocenters. The van der Waals surface area contributed by atoms with Crippen molar-refractivity contribution in [1.29, 1.82) is 0 Å². The van der Waals surface area contributed by atoms with Crippen molar-refractivity contribution >= 4 is 15.9 Å². The lowest BCUT2D eigenvalue weighted by Crippen LogP contribution is -2.43. The van der Waals surface area contributed by atoms with E-state index in [2.05, 4.69) is 4.98 Å². The average Bonchev–Trinajstić information content (AvgIpc) is 2.69. The van der Waals surface area contributed by atoms with Gasteiger partial charge in [0.05, 0.1) is 30.6 Å². The minimum atomic E-state index is -3.30. The maximum Gasteiger partial charge on any atom is 0.410 e. The summed E-state index contributed by atoms with van der Waals surface area (Å²) in [6.07, 6.45) is 8.05. The van der Waals surface area contributed by atoms with Crippen molar-refractivity contribution in [3.8, 4) is 5.75 Å². The zero-order valence-electron chi connectivity index (χ0n) is 18.0. The number of amides is 1. The number of pyridine rings is 1. The number of sulfone groups is 1. The maximum absolute atomic E-state index is 12.0. The van der Waals surface area contributed by atoms with Gasteiger partial charge in [-0.2, -0.15) is 0 Å². The lowest BCUT2D eigenvalue weighted by atomic mass is 9.94. The Bertz CT molecular complexity index is 795. The Morgan fingerprint density at radius 3 is 2.17 bits per heavy atom. The van der Waals surface area contributed by atoms with Crippen LogP contribution in [-0.4, -0.2) is 68.2 Å². The Morgan fingerprint density at radius 1 is 1.03 bits per heavy atom. The molecule has 1 amide bonds. The number of rotatable bonds is 6. The van der Waals surface area contributed by atoms with Crippen molar-refractivity contribution in [1.82, 2.24) is 9.88 Å². The molecule has 9 heteroatoms. The lowest BCUT2D eigenvalue weighted by Gasteiger charge is -2.36. The molecule has 1 aromatic rings. The molecule has 0 bridgehead atoms. The van der Waals surface area contributed by atoms with Crippen LogP contribution in [0, 0.1) is 0 Å². The molecule has 0 spiro atoms. The molecule has 0 unspecified atom stereocenters. The first-order chi connectivity index (χ1) is 14.2. The second-order valence-electron chi connectivity index (χ2n) is 8.38. The molecule has 8 nitrogen and oxygen atoms in total. The van der Waals surface area contributed by atoms with Crippen LogP contribution in [0.3, 0.4) is 0 Å². The molecular formula is C21H32N2O6S. The normalized spacial score (nSPS) is 23.4. The molecule has 0 radical (unpaired) electrons. The molecule has 2 fully saturated rings. The number of hydrogen-bond acceptors (Lipinski definition) is 7. The van der Waals surface area contributed by atoms with Crippen LogP contribution in [0.5, 0.6) is 5.75 Å². The summed E-state index contributed by atoms with van der Waals surface area (Å²) in [5, 5.41) is 0.0514. The van der Waals surface area contributed by atoms with Gasteiger partial charge in [0.1, 0.15) is 5.75 Å². The fraction of sp³-hybridized carbons (Fsp3) is 0.714. The molecule has 168 valence electrons. The van der Waals surface area contributed by atoms with E-state index < -0.39 is 9.84 Å². The van der Waals surface area contributed by atoms with Crippen molar-refractivity contribution < 1.29 is 27.4 Å². The Morgan fingerprint density at radius 2 is 1.63 bits per heavy atom. The summed E-state index contributed by atoms with van der Waals surface area (Å²) in [6, 6.07) is 3.13. The highest BCUT2D eigenvalue weighted by Crippen LogP contribution is 2.28. The van der Waals surface area contributed by atoms with Gasteiger partial charge >= 0.3 is 6.09 Å². The Kier molecular flexibility index (Phi) is 7.57. The summed E-state index contributed by atoms with van der Waals surface area (Å²) in [5.41, 5.74) is 0. The van der Waals surface area contributed by atoms with Crippen molar-refractivity contribution in [2.24, 2.45) is 0 Å². The topological polar surface area (TPSA) is 95.0 Å². The fourth-order valence-electron chi connectivity index (χ4n) is 3.86. The molecule has 30 heavy (non-hydrogen) atoms. The first-order valence-corrected chi connectivity index (χ1v) is 12.5. The van der Waals surface area contributed by atoms with Gasteiger partial charge in [0.2, 0.25) is 0 Å². The van der Waals surface area contributed by atoms with E-state index in [0.29, 0.717) is 18.8 Å². The third kappa shape index (κ3) is 6.57. The molecule has 1 aliphatic heterocycles. The van der Waals surface area contributed by atoms with Crippen molar-refractivity contribution in [2.75, 3.05) is 19.3 Å². The molecule has 2 aliphatic rings. The highest BCUT2D eigenvalue weighted by Gasteiger charge is 2.29. The molecule has 1 saturated heterocycles. The number of piperidine rings is 1. The van der Waals surface area contributed by atoms with E-state index in [1.54, 1.807) is 11.0 Å². The van der Waals surface area contributed by atoms with Crippen LogP contribution in [0.25, 0.3) is 0 Å². The molecule has 1 aromatic heterocycles. The number of nitrogens with zero attached hydrogens (tertiary/aromatic N) is 2. The van der Waals surface area contributed by atoms with E-state index >= 15 is 0 Å². The van der Waals surface area contributed by atoms with E-state index in [1.165, 1.54) is 12.3 Å². The van der Waals surface area contributed by atoms with E-state index in [9.17, 15) is 13.2 Å². The van der Waals surface area contributed by atoms with Crippen LogP contribution in [0.15, 0.2) is 23.4 Å². The second-order valence-corrected chi connectivity index (χ2v) is 10.3. The minimum Gasteiger partial charge on any atom is -0.489 e. The Labute approximate surface area is 178 Å². The maximum atomic E-state index is 12.0. The van der Waals surface area contributed by atoms with Gasteiger partial charge in [-0.3, -0.25) is 0 Å². The Hall–Kier alpha value is -1.87.